The topological polar surface area (TPSA) is 85.7 Å². The lowest BCUT2D eigenvalue weighted by Crippen LogP contribution is -2.42. The fourth-order valence-corrected chi connectivity index (χ4v) is 4.51. The summed E-state index contributed by atoms with van der Waals surface area (Å²) >= 11 is 0. The zero-order valence-corrected chi connectivity index (χ0v) is 22.5. The van der Waals surface area contributed by atoms with Crippen molar-refractivity contribution in [1.29, 1.82) is 0 Å². The summed E-state index contributed by atoms with van der Waals surface area (Å²) < 4.78 is 12.2. The standard InChI is InChI=1S/C30H34N4O4/c1-6-27(33(19-20(2)3)30(36)31-21-11-15-23(37-4)16-12-21)28-32-26-10-8-7-9-25(26)29(35)34(28)22-13-17-24(38-5)18-14-22/h7-18,20,27H,6,19H2,1-5H3,(H,31,36). The zero-order chi connectivity index (χ0) is 27.2. The van der Waals surface area contributed by atoms with Gasteiger partial charge in [-0.25, -0.2) is 9.78 Å². The molecule has 0 aliphatic heterocycles. The molecule has 0 radical (unpaired) electrons. The SMILES string of the molecule is CCC(c1nc2ccccc2c(=O)n1-c1ccc(OC)cc1)N(CC(C)C)C(=O)Nc1ccc(OC)cc1. The van der Waals surface area contributed by atoms with E-state index in [1.165, 1.54) is 0 Å². The molecule has 0 spiro atoms. The van der Waals surface area contributed by atoms with Gasteiger partial charge < -0.3 is 19.7 Å². The van der Waals surface area contributed by atoms with Gasteiger partial charge in [0.25, 0.3) is 5.56 Å². The second-order valence-corrected chi connectivity index (χ2v) is 9.45. The fraction of sp³-hybridized carbons (Fsp3) is 0.300. The quantitative estimate of drug-likeness (QED) is 0.294. The number of aromatic nitrogens is 2. The van der Waals surface area contributed by atoms with Gasteiger partial charge in [-0.1, -0.05) is 32.9 Å². The summed E-state index contributed by atoms with van der Waals surface area (Å²) in [6.07, 6.45) is 0.559. The molecule has 0 saturated heterocycles. The molecule has 0 aliphatic rings. The van der Waals surface area contributed by atoms with Crippen LogP contribution in [-0.4, -0.2) is 41.2 Å². The maximum Gasteiger partial charge on any atom is 0.322 e. The molecular formula is C30H34N4O4. The van der Waals surface area contributed by atoms with Crippen molar-refractivity contribution in [3.8, 4) is 17.2 Å². The van der Waals surface area contributed by atoms with Gasteiger partial charge in [-0.15, -0.1) is 0 Å². The minimum Gasteiger partial charge on any atom is -0.497 e. The molecule has 1 aromatic heterocycles. The molecule has 1 atom stereocenters. The predicted octanol–water partition coefficient (Wildman–Crippen LogP) is 6.04. The number of rotatable bonds is 9. The van der Waals surface area contributed by atoms with E-state index in [4.69, 9.17) is 14.5 Å². The highest BCUT2D eigenvalue weighted by Gasteiger charge is 2.30. The highest BCUT2D eigenvalue weighted by atomic mass is 16.5. The van der Waals surface area contributed by atoms with Gasteiger partial charge in [-0.05, 0) is 73.0 Å². The molecule has 0 saturated carbocycles. The van der Waals surface area contributed by atoms with Crippen molar-refractivity contribution in [3.05, 3.63) is 89.0 Å². The Kier molecular flexibility index (Phi) is 8.31. The molecule has 0 fully saturated rings. The summed E-state index contributed by atoms with van der Waals surface area (Å²) in [5, 5.41) is 3.52. The molecule has 4 aromatic rings. The highest BCUT2D eigenvalue weighted by Crippen LogP contribution is 2.28. The molecule has 4 rings (SSSR count). The van der Waals surface area contributed by atoms with Crippen LogP contribution in [-0.2, 0) is 0 Å². The predicted molar refractivity (Wildman–Crippen MR) is 150 cm³/mol. The van der Waals surface area contributed by atoms with Crippen molar-refractivity contribution >= 4 is 22.6 Å². The molecule has 1 unspecified atom stereocenters. The number of nitrogens with one attached hydrogen (secondary N) is 1. The Morgan fingerprint density at radius 2 is 1.55 bits per heavy atom. The Bertz CT molecular complexity index is 1450. The second kappa shape index (κ2) is 11.8. The maximum absolute atomic E-state index is 13.9. The number of urea groups is 1. The Balaban J connectivity index is 1.84. The number of para-hydroxylation sites is 1. The van der Waals surface area contributed by atoms with Gasteiger partial charge in [0.1, 0.15) is 17.3 Å². The van der Waals surface area contributed by atoms with Crippen LogP contribution in [0.25, 0.3) is 16.6 Å². The van der Waals surface area contributed by atoms with Crippen LogP contribution in [0.3, 0.4) is 0 Å². The van der Waals surface area contributed by atoms with Crippen LogP contribution in [0.2, 0.25) is 0 Å². The molecule has 1 heterocycles. The molecule has 8 heteroatoms. The number of ether oxygens (including phenoxy) is 2. The van der Waals surface area contributed by atoms with E-state index in [2.05, 4.69) is 19.2 Å². The van der Waals surface area contributed by atoms with Crippen LogP contribution in [0.1, 0.15) is 39.1 Å². The minimum absolute atomic E-state index is 0.186. The smallest absolute Gasteiger partial charge is 0.322 e. The molecule has 0 aliphatic carbocycles. The van der Waals surface area contributed by atoms with E-state index in [0.717, 1.165) is 0 Å². The summed E-state index contributed by atoms with van der Waals surface area (Å²) in [5.41, 5.74) is 1.71. The fourth-order valence-electron chi connectivity index (χ4n) is 4.51. The molecule has 8 nitrogen and oxygen atoms in total. The van der Waals surface area contributed by atoms with Crippen LogP contribution in [0.5, 0.6) is 11.5 Å². The van der Waals surface area contributed by atoms with Crippen LogP contribution >= 0.6 is 0 Å². The van der Waals surface area contributed by atoms with Crippen LogP contribution in [0.15, 0.2) is 77.6 Å². The Morgan fingerprint density at radius 3 is 2.13 bits per heavy atom. The summed E-state index contributed by atoms with van der Waals surface area (Å²) in [7, 11) is 3.20. The van der Waals surface area contributed by atoms with Gasteiger partial charge >= 0.3 is 6.03 Å². The van der Waals surface area contributed by atoms with Crippen molar-refractivity contribution in [2.45, 2.75) is 33.2 Å². The lowest BCUT2D eigenvalue weighted by atomic mass is 10.1. The summed E-state index contributed by atoms with van der Waals surface area (Å²) in [5.74, 6) is 2.08. The van der Waals surface area contributed by atoms with Crippen molar-refractivity contribution < 1.29 is 14.3 Å². The number of carbonyl (C=O) groups excluding carboxylic acids is 1. The third-order valence-electron chi connectivity index (χ3n) is 6.36. The van der Waals surface area contributed by atoms with E-state index in [0.29, 0.717) is 52.6 Å². The number of methoxy groups -OCH3 is 2. The van der Waals surface area contributed by atoms with E-state index < -0.39 is 6.04 Å². The minimum atomic E-state index is -0.463. The highest BCUT2D eigenvalue weighted by molar-refractivity contribution is 5.89. The Morgan fingerprint density at radius 1 is 0.947 bits per heavy atom. The molecule has 38 heavy (non-hydrogen) atoms. The number of fused-ring (bicyclic) bond motifs is 1. The van der Waals surface area contributed by atoms with Crippen LogP contribution < -0.4 is 20.3 Å². The number of hydrogen-bond acceptors (Lipinski definition) is 5. The van der Waals surface area contributed by atoms with E-state index in [1.54, 1.807) is 54.0 Å². The normalized spacial score (nSPS) is 11.8. The Hall–Kier alpha value is -4.33. The number of carbonyl (C=O) groups is 1. The van der Waals surface area contributed by atoms with E-state index in [9.17, 15) is 9.59 Å². The Labute approximate surface area is 222 Å². The number of benzene rings is 3. The van der Waals surface area contributed by atoms with Gasteiger partial charge in [0, 0.05) is 12.2 Å². The molecular weight excluding hydrogens is 480 g/mol. The van der Waals surface area contributed by atoms with E-state index in [-0.39, 0.29) is 17.5 Å². The van der Waals surface area contributed by atoms with Gasteiger partial charge in [0.05, 0.1) is 36.9 Å². The average molecular weight is 515 g/mol. The molecule has 3 aromatic carbocycles. The first kappa shape index (κ1) is 26.7. The lowest BCUT2D eigenvalue weighted by molar-refractivity contribution is 0.171. The molecule has 0 bridgehead atoms. The third kappa shape index (κ3) is 5.64. The number of hydrogen-bond donors (Lipinski definition) is 1. The number of nitrogens with zero attached hydrogens (tertiary/aromatic N) is 3. The second-order valence-electron chi connectivity index (χ2n) is 9.45. The summed E-state index contributed by atoms with van der Waals surface area (Å²) in [6.45, 7) is 6.60. The number of amides is 2. The van der Waals surface area contributed by atoms with Crippen LogP contribution in [0, 0.1) is 5.92 Å². The maximum atomic E-state index is 13.9. The number of anilines is 1. The first-order valence-corrected chi connectivity index (χ1v) is 12.7. The lowest BCUT2D eigenvalue weighted by Gasteiger charge is -2.33. The zero-order valence-electron chi connectivity index (χ0n) is 22.5. The van der Waals surface area contributed by atoms with Crippen molar-refractivity contribution in [2.24, 2.45) is 5.92 Å². The van der Waals surface area contributed by atoms with Crippen molar-refractivity contribution in [2.75, 3.05) is 26.1 Å². The average Bonchev–Trinajstić information content (AvgIpc) is 2.93. The first-order valence-electron chi connectivity index (χ1n) is 12.7. The van der Waals surface area contributed by atoms with Gasteiger partial charge in [0.2, 0.25) is 0 Å². The summed E-state index contributed by atoms with van der Waals surface area (Å²) in [4.78, 5) is 34.3. The van der Waals surface area contributed by atoms with Crippen LogP contribution in [0.4, 0.5) is 10.5 Å². The van der Waals surface area contributed by atoms with E-state index in [1.807, 2.05) is 49.4 Å². The third-order valence-corrected chi connectivity index (χ3v) is 6.36. The monoisotopic (exact) mass is 514 g/mol. The van der Waals surface area contributed by atoms with Gasteiger partial charge in [-0.2, -0.15) is 0 Å². The van der Waals surface area contributed by atoms with Gasteiger partial charge in [-0.3, -0.25) is 9.36 Å². The first-order chi connectivity index (χ1) is 18.4. The van der Waals surface area contributed by atoms with E-state index >= 15 is 0 Å². The molecule has 198 valence electrons. The molecule has 1 N–H and O–H groups in total. The molecule has 2 amide bonds. The summed E-state index contributed by atoms with van der Waals surface area (Å²) in [6, 6.07) is 21.0. The van der Waals surface area contributed by atoms with Gasteiger partial charge in [0.15, 0.2) is 0 Å². The van der Waals surface area contributed by atoms with Crippen molar-refractivity contribution in [1.82, 2.24) is 14.5 Å². The van der Waals surface area contributed by atoms with Crippen molar-refractivity contribution in [3.63, 3.8) is 0 Å². The largest absolute Gasteiger partial charge is 0.497 e.